The molecule has 0 unspecified atom stereocenters. The summed E-state index contributed by atoms with van der Waals surface area (Å²) >= 11 is 0. The number of nitrogens with zero attached hydrogens (tertiary/aromatic N) is 3. The van der Waals surface area contributed by atoms with Gasteiger partial charge in [0.1, 0.15) is 0 Å². The standard InChI is InChI=1S/C15H20N4/c1-2-13(1)17-7-12-5-6-18(9-12)10-15-8-16-11-19(15)14-3-4-14/h5-6,8-9,11,13-14,17H,1-4,7,10H2. The minimum absolute atomic E-state index is 0.712. The molecule has 0 spiro atoms. The molecule has 0 amide bonds. The Kier molecular flexibility index (Phi) is 2.69. The molecule has 0 saturated heterocycles. The van der Waals surface area contributed by atoms with Gasteiger partial charge in [-0.2, -0.15) is 0 Å². The predicted octanol–water partition coefficient (Wildman–Crippen LogP) is 2.32. The topological polar surface area (TPSA) is 34.8 Å². The molecule has 2 fully saturated rings. The van der Waals surface area contributed by atoms with Crippen LogP contribution in [0.4, 0.5) is 0 Å². The van der Waals surface area contributed by atoms with Gasteiger partial charge in [0.05, 0.1) is 18.6 Å². The molecule has 2 aliphatic carbocycles. The summed E-state index contributed by atoms with van der Waals surface area (Å²) in [4.78, 5) is 4.29. The molecule has 4 rings (SSSR count). The Balaban J connectivity index is 1.42. The van der Waals surface area contributed by atoms with Gasteiger partial charge in [0, 0.05) is 37.2 Å². The fourth-order valence-corrected chi connectivity index (χ4v) is 2.57. The lowest BCUT2D eigenvalue weighted by Gasteiger charge is -2.07. The van der Waals surface area contributed by atoms with Crippen LogP contribution < -0.4 is 5.32 Å². The Bertz CT molecular complexity index is 560. The van der Waals surface area contributed by atoms with Crippen LogP contribution in [0.15, 0.2) is 31.0 Å². The monoisotopic (exact) mass is 256 g/mol. The molecule has 2 aromatic rings. The van der Waals surface area contributed by atoms with Crippen LogP contribution in [0.3, 0.4) is 0 Å². The van der Waals surface area contributed by atoms with Gasteiger partial charge in [0.2, 0.25) is 0 Å². The lowest BCUT2D eigenvalue weighted by atomic mass is 10.3. The van der Waals surface area contributed by atoms with Crippen LogP contribution >= 0.6 is 0 Å². The third-order valence-electron chi connectivity index (χ3n) is 4.02. The molecule has 1 N–H and O–H groups in total. The van der Waals surface area contributed by atoms with Gasteiger partial charge in [-0.3, -0.25) is 0 Å². The third kappa shape index (κ3) is 2.59. The second-order valence-corrected chi connectivity index (χ2v) is 5.87. The number of imidazole rings is 1. The largest absolute Gasteiger partial charge is 0.348 e. The van der Waals surface area contributed by atoms with Crippen molar-refractivity contribution in [3.05, 3.63) is 42.2 Å². The van der Waals surface area contributed by atoms with Crippen molar-refractivity contribution in [1.82, 2.24) is 19.4 Å². The van der Waals surface area contributed by atoms with Gasteiger partial charge >= 0.3 is 0 Å². The number of nitrogens with one attached hydrogen (secondary N) is 1. The molecular weight excluding hydrogens is 236 g/mol. The molecule has 0 radical (unpaired) electrons. The minimum Gasteiger partial charge on any atom is -0.348 e. The van der Waals surface area contributed by atoms with E-state index in [0.717, 1.165) is 19.1 Å². The zero-order valence-corrected chi connectivity index (χ0v) is 11.1. The maximum absolute atomic E-state index is 4.29. The van der Waals surface area contributed by atoms with Gasteiger partial charge in [-0.15, -0.1) is 0 Å². The molecule has 0 aromatic carbocycles. The van der Waals surface area contributed by atoms with E-state index in [0.29, 0.717) is 6.04 Å². The second kappa shape index (κ2) is 4.53. The van der Waals surface area contributed by atoms with Gasteiger partial charge in [0.25, 0.3) is 0 Å². The Labute approximate surface area is 113 Å². The van der Waals surface area contributed by atoms with Crippen molar-refractivity contribution in [2.24, 2.45) is 0 Å². The maximum atomic E-state index is 4.29. The lowest BCUT2D eigenvalue weighted by Crippen LogP contribution is -2.14. The van der Waals surface area contributed by atoms with Gasteiger partial charge in [-0.25, -0.2) is 4.98 Å². The average Bonchev–Trinajstić information content (AvgIpc) is 3.34. The summed E-state index contributed by atoms with van der Waals surface area (Å²) in [5.41, 5.74) is 2.70. The summed E-state index contributed by atoms with van der Waals surface area (Å²) in [6.07, 6.45) is 13.7. The van der Waals surface area contributed by atoms with Gasteiger partial charge in [0.15, 0.2) is 0 Å². The van der Waals surface area contributed by atoms with E-state index in [1.165, 1.54) is 36.9 Å². The SMILES string of the molecule is c1cn(Cc2cncn2C2CC2)cc1CNC1CC1. The molecule has 2 aliphatic rings. The van der Waals surface area contributed by atoms with Crippen LogP contribution in [0.5, 0.6) is 0 Å². The smallest absolute Gasteiger partial charge is 0.0951 e. The summed E-state index contributed by atoms with van der Waals surface area (Å²) in [5, 5.41) is 3.55. The van der Waals surface area contributed by atoms with E-state index < -0.39 is 0 Å². The quantitative estimate of drug-likeness (QED) is 0.860. The van der Waals surface area contributed by atoms with Crippen LogP contribution in [0.2, 0.25) is 0 Å². The van der Waals surface area contributed by atoms with Crippen molar-refractivity contribution in [3.63, 3.8) is 0 Å². The third-order valence-corrected chi connectivity index (χ3v) is 4.02. The molecular formula is C15H20N4. The number of hydrogen-bond donors (Lipinski definition) is 1. The first-order valence-corrected chi connectivity index (χ1v) is 7.27. The summed E-state index contributed by atoms with van der Waals surface area (Å²) < 4.78 is 4.60. The minimum atomic E-state index is 0.712. The molecule has 0 atom stereocenters. The van der Waals surface area contributed by atoms with E-state index in [-0.39, 0.29) is 0 Å². The van der Waals surface area contributed by atoms with Crippen LogP contribution in [0, 0.1) is 0 Å². The van der Waals surface area contributed by atoms with E-state index in [1.54, 1.807) is 0 Å². The predicted molar refractivity (Wildman–Crippen MR) is 73.9 cm³/mol. The number of aromatic nitrogens is 3. The highest BCUT2D eigenvalue weighted by Crippen LogP contribution is 2.35. The van der Waals surface area contributed by atoms with Crippen molar-refractivity contribution in [1.29, 1.82) is 0 Å². The maximum Gasteiger partial charge on any atom is 0.0951 e. The van der Waals surface area contributed by atoms with Crippen LogP contribution in [-0.2, 0) is 13.1 Å². The molecule has 0 aliphatic heterocycles. The first kappa shape index (κ1) is 11.3. The summed E-state index contributed by atoms with van der Waals surface area (Å²) in [6, 6.07) is 3.71. The van der Waals surface area contributed by atoms with Crippen LogP contribution in [0.1, 0.15) is 43.0 Å². The first-order valence-electron chi connectivity index (χ1n) is 7.27. The van der Waals surface area contributed by atoms with Gasteiger partial charge in [-0.1, -0.05) is 0 Å². The van der Waals surface area contributed by atoms with Crippen molar-refractivity contribution >= 4 is 0 Å². The number of hydrogen-bond acceptors (Lipinski definition) is 2. The van der Waals surface area contributed by atoms with Gasteiger partial charge in [-0.05, 0) is 37.3 Å². The normalized spacial score (nSPS) is 18.9. The second-order valence-electron chi connectivity index (χ2n) is 5.87. The molecule has 19 heavy (non-hydrogen) atoms. The highest BCUT2D eigenvalue weighted by atomic mass is 15.1. The summed E-state index contributed by atoms with van der Waals surface area (Å²) in [7, 11) is 0. The molecule has 2 heterocycles. The zero-order chi connectivity index (χ0) is 12.7. The lowest BCUT2D eigenvalue weighted by molar-refractivity contribution is 0.653. The van der Waals surface area contributed by atoms with Crippen molar-refractivity contribution in [2.75, 3.05) is 0 Å². The average molecular weight is 256 g/mol. The molecule has 100 valence electrons. The van der Waals surface area contributed by atoms with E-state index in [9.17, 15) is 0 Å². The molecule has 4 nitrogen and oxygen atoms in total. The Morgan fingerprint density at radius 1 is 1.26 bits per heavy atom. The van der Waals surface area contributed by atoms with Crippen molar-refractivity contribution in [3.8, 4) is 0 Å². The summed E-state index contributed by atoms with van der Waals surface area (Å²) in [5.74, 6) is 0. The highest BCUT2D eigenvalue weighted by molar-refractivity contribution is 5.13. The molecule has 0 bridgehead atoms. The number of rotatable bonds is 6. The molecule has 2 aromatic heterocycles. The van der Waals surface area contributed by atoms with Gasteiger partial charge < -0.3 is 14.5 Å². The van der Waals surface area contributed by atoms with E-state index in [2.05, 4.69) is 37.9 Å². The molecule has 4 heteroatoms. The van der Waals surface area contributed by atoms with Crippen molar-refractivity contribution in [2.45, 2.75) is 50.9 Å². The van der Waals surface area contributed by atoms with E-state index >= 15 is 0 Å². The van der Waals surface area contributed by atoms with E-state index in [4.69, 9.17) is 0 Å². The van der Waals surface area contributed by atoms with Crippen LogP contribution in [0.25, 0.3) is 0 Å². The fraction of sp³-hybridized carbons (Fsp3) is 0.533. The highest BCUT2D eigenvalue weighted by Gasteiger charge is 2.25. The molecule has 2 saturated carbocycles. The van der Waals surface area contributed by atoms with E-state index in [1.807, 2.05) is 12.5 Å². The Morgan fingerprint density at radius 2 is 2.16 bits per heavy atom. The summed E-state index contributed by atoms with van der Waals surface area (Å²) in [6.45, 7) is 1.93. The Morgan fingerprint density at radius 3 is 2.95 bits per heavy atom. The fourth-order valence-electron chi connectivity index (χ4n) is 2.57. The Hall–Kier alpha value is -1.55. The van der Waals surface area contributed by atoms with Crippen molar-refractivity contribution < 1.29 is 0 Å². The van der Waals surface area contributed by atoms with Crippen LogP contribution in [-0.4, -0.2) is 20.2 Å². The zero-order valence-electron chi connectivity index (χ0n) is 11.1. The first-order chi connectivity index (χ1) is 9.38.